The zero-order valence-electron chi connectivity index (χ0n) is 18.8. The highest BCUT2D eigenvalue weighted by molar-refractivity contribution is 7.89. The van der Waals surface area contributed by atoms with Gasteiger partial charge in [0.25, 0.3) is 5.91 Å². The number of amides is 1. The number of ether oxygens (including phenoxy) is 2. The van der Waals surface area contributed by atoms with Crippen molar-refractivity contribution in [3.63, 3.8) is 0 Å². The minimum absolute atomic E-state index is 0.0576. The van der Waals surface area contributed by atoms with Crippen molar-refractivity contribution in [2.24, 2.45) is 0 Å². The first-order chi connectivity index (χ1) is 14.4. The molecule has 0 saturated heterocycles. The quantitative estimate of drug-likeness (QED) is 0.596. The van der Waals surface area contributed by atoms with Crippen molar-refractivity contribution in [3.8, 4) is 5.75 Å². The number of sulfonamides is 1. The van der Waals surface area contributed by atoms with Crippen LogP contribution in [0, 0.1) is 13.8 Å². The zero-order chi connectivity index (χ0) is 23.5. The SMILES string of the molecule is CCOc1ccc(NC(=O)c2[nH]c(C)c(C(=O)OC(C)C)c2C)cc1S(=O)(=O)N(C)C. The van der Waals surface area contributed by atoms with Crippen molar-refractivity contribution in [2.45, 2.75) is 45.6 Å². The summed E-state index contributed by atoms with van der Waals surface area (Å²) in [6, 6.07) is 4.39. The molecule has 1 heterocycles. The third-order valence-electron chi connectivity index (χ3n) is 4.47. The third-order valence-corrected chi connectivity index (χ3v) is 6.31. The molecule has 0 spiro atoms. The van der Waals surface area contributed by atoms with Crippen molar-refractivity contribution in [3.05, 3.63) is 40.7 Å². The van der Waals surface area contributed by atoms with Crippen LogP contribution in [-0.2, 0) is 14.8 Å². The lowest BCUT2D eigenvalue weighted by atomic mass is 10.1. The molecule has 0 saturated carbocycles. The second-order valence-electron chi connectivity index (χ2n) is 7.42. The Hall–Kier alpha value is -2.85. The lowest BCUT2D eigenvalue weighted by Crippen LogP contribution is -2.23. The molecule has 10 heteroatoms. The fraction of sp³-hybridized carbons (Fsp3) is 0.429. The van der Waals surface area contributed by atoms with Gasteiger partial charge in [-0.3, -0.25) is 4.79 Å². The lowest BCUT2D eigenvalue weighted by molar-refractivity contribution is 0.0376. The summed E-state index contributed by atoms with van der Waals surface area (Å²) >= 11 is 0. The maximum Gasteiger partial charge on any atom is 0.340 e. The first-order valence-electron chi connectivity index (χ1n) is 9.81. The Kier molecular flexibility index (Phi) is 7.50. The Bertz CT molecular complexity index is 1090. The molecule has 2 N–H and O–H groups in total. The number of hydrogen-bond donors (Lipinski definition) is 2. The van der Waals surface area contributed by atoms with E-state index in [9.17, 15) is 18.0 Å². The minimum atomic E-state index is -3.80. The zero-order valence-corrected chi connectivity index (χ0v) is 19.6. The molecule has 0 radical (unpaired) electrons. The molecular formula is C21H29N3O6S. The number of rotatable bonds is 8. The lowest BCUT2D eigenvalue weighted by Gasteiger charge is -2.16. The molecule has 9 nitrogen and oxygen atoms in total. The first-order valence-corrected chi connectivity index (χ1v) is 11.2. The molecule has 2 rings (SSSR count). The van der Waals surface area contributed by atoms with Gasteiger partial charge < -0.3 is 19.8 Å². The molecule has 0 bridgehead atoms. The van der Waals surface area contributed by atoms with Gasteiger partial charge in [-0.05, 0) is 58.4 Å². The summed E-state index contributed by atoms with van der Waals surface area (Å²) in [6.45, 7) is 8.86. The van der Waals surface area contributed by atoms with Crippen LogP contribution in [0.4, 0.5) is 5.69 Å². The summed E-state index contributed by atoms with van der Waals surface area (Å²) < 4.78 is 37.1. The van der Waals surface area contributed by atoms with E-state index in [0.29, 0.717) is 16.8 Å². The first kappa shape index (κ1) is 24.4. The van der Waals surface area contributed by atoms with Crippen LogP contribution >= 0.6 is 0 Å². The topological polar surface area (TPSA) is 118 Å². The molecule has 0 atom stereocenters. The largest absolute Gasteiger partial charge is 0.492 e. The number of aromatic amines is 1. The molecule has 0 aliphatic heterocycles. The van der Waals surface area contributed by atoms with Crippen LogP contribution in [0.25, 0.3) is 0 Å². The van der Waals surface area contributed by atoms with Crippen LogP contribution in [-0.4, -0.2) is 56.4 Å². The molecule has 2 aromatic rings. The molecule has 0 aliphatic carbocycles. The van der Waals surface area contributed by atoms with Gasteiger partial charge in [0.15, 0.2) is 0 Å². The Morgan fingerprint density at radius 2 is 1.84 bits per heavy atom. The number of nitrogens with one attached hydrogen (secondary N) is 2. The van der Waals surface area contributed by atoms with Crippen molar-refractivity contribution in [1.82, 2.24) is 9.29 Å². The maximum atomic E-state index is 12.9. The van der Waals surface area contributed by atoms with Gasteiger partial charge in [-0.1, -0.05) is 0 Å². The number of benzene rings is 1. The third kappa shape index (κ3) is 5.26. The fourth-order valence-electron chi connectivity index (χ4n) is 3.01. The molecule has 1 amide bonds. The number of carbonyl (C=O) groups is 2. The van der Waals surface area contributed by atoms with E-state index in [-0.39, 0.29) is 34.7 Å². The molecule has 31 heavy (non-hydrogen) atoms. The summed E-state index contributed by atoms with van der Waals surface area (Å²) in [5.41, 5.74) is 1.73. The number of H-pyrrole nitrogens is 1. The van der Waals surface area contributed by atoms with Crippen molar-refractivity contribution in [2.75, 3.05) is 26.0 Å². The Labute approximate surface area is 182 Å². The van der Waals surface area contributed by atoms with Gasteiger partial charge in [-0.25, -0.2) is 17.5 Å². The van der Waals surface area contributed by atoms with Crippen molar-refractivity contribution < 1.29 is 27.5 Å². The molecule has 0 unspecified atom stereocenters. The predicted octanol–water partition coefficient (Wildman–Crippen LogP) is 3.10. The molecule has 1 aromatic heterocycles. The summed E-state index contributed by atoms with van der Waals surface area (Å²) in [5, 5.41) is 2.68. The highest BCUT2D eigenvalue weighted by atomic mass is 32.2. The number of carbonyl (C=O) groups excluding carboxylic acids is 2. The average molecular weight is 452 g/mol. The van der Waals surface area contributed by atoms with E-state index in [0.717, 1.165) is 4.31 Å². The summed E-state index contributed by atoms with van der Waals surface area (Å²) in [5.74, 6) is -0.831. The number of aromatic nitrogens is 1. The second-order valence-corrected chi connectivity index (χ2v) is 9.54. The highest BCUT2D eigenvalue weighted by Gasteiger charge is 2.26. The number of hydrogen-bond acceptors (Lipinski definition) is 6. The van der Waals surface area contributed by atoms with Crippen LogP contribution in [0.5, 0.6) is 5.75 Å². The fourth-order valence-corrected chi connectivity index (χ4v) is 4.06. The van der Waals surface area contributed by atoms with Crippen molar-refractivity contribution in [1.29, 1.82) is 0 Å². The van der Waals surface area contributed by atoms with Gasteiger partial charge in [-0.15, -0.1) is 0 Å². The monoisotopic (exact) mass is 451 g/mol. The maximum absolute atomic E-state index is 12.9. The molecular weight excluding hydrogens is 422 g/mol. The van der Waals surface area contributed by atoms with Gasteiger partial charge in [0.2, 0.25) is 10.0 Å². The van der Waals surface area contributed by atoms with E-state index in [1.165, 1.54) is 26.2 Å². The van der Waals surface area contributed by atoms with E-state index in [1.807, 2.05) is 0 Å². The molecule has 0 fully saturated rings. The van der Waals surface area contributed by atoms with Gasteiger partial charge in [0, 0.05) is 25.5 Å². The predicted molar refractivity (Wildman–Crippen MR) is 117 cm³/mol. The smallest absolute Gasteiger partial charge is 0.340 e. The number of nitrogens with zero attached hydrogens (tertiary/aromatic N) is 1. The van der Waals surface area contributed by atoms with E-state index < -0.39 is 21.9 Å². The average Bonchev–Trinajstić information content (AvgIpc) is 2.96. The summed E-state index contributed by atoms with van der Waals surface area (Å²) in [7, 11) is -0.967. The Balaban J connectivity index is 2.40. The standard InChI is InChI=1S/C21H29N3O6S/c1-8-29-16-10-9-15(11-17(16)31(27,28)24(6)7)23-20(25)19-13(4)18(14(5)22-19)21(26)30-12(2)3/h9-12,22H,8H2,1-7H3,(H,23,25). The van der Waals surface area contributed by atoms with E-state index in [4.69, 9.17) is 9.47 Å². The minimum Gasteiger partial charge on any atom is -0.492 e. The summed E-state index contributed by atoms with van der Waals surface area (Å²) in [6.07, 6.45) is -0.292. The number of anilines is 1. The van der Waals surface area contributed by atoms with Gasteiger partial charge >= 0.3 is 5.97 Å². The van der Waals surface area contributed by atoms with E-state index in [1.54, 1.807) is 40.7 Å². The molecule has 1 aromatic carbocycles. The number of aryl methyl sites for hydroxylation is 1. The molecule has 170 valence electrons. The van der Waals surface area contributed by atoms with E-state index >= 15 is 0 Å². The van der Waals surface area contributed by atoms with Gasteiger partial charge in [-0.2, -0.15) is 0 Å². The van der Waals surface area contributed by atoms with Crippen LogP contribution < -0.4 is 10.1 Å². The van der Waals surface area contributed by atoms with Crippen LogP contribution in [0.3, 0.4) is 0 Å². The van der Waals surface area contributed by atoms with Gasteiger partial charge in [0.05, 0.1) is 18.3 Å². The van der Waals surface area contributed by atoms with Crippen LogP contribution in [0.2, 0.25) is 0 Å². The highest BCUT2D eigenvalue weighted by Crippen LogP contribution is 2.30. The molecule has 0 aliphatic rings. The van der Waals surface area contributed by atoms with Crippen LogP contribution in [0.15, 0.2) is 23.1 Å². The van der Waals surface area contributed by atoms with Crippen LogP contribution in [0.1, 0.15) is 52.9 Å². The summed E-state index contributed by atoms with van der Waals surface area (Å²) in [4.78, 5) is 28.1. The Morgan fingerprint density at radius 1 is 1.19 bits per heavy atom. The van der Waals surface area contributed by atoms with E-state index in [2.05, 4.69) is 10.3 Å². The van der Waals surface area contributed by atoms with Gasteiger partial charge in [0.1, 0.15) is 16.3 Å². The normalized spacial score (nSPS) is 11.6. The Morgan fingerprint density at radius 3 is 2.39 bits per heavy atom. The van der Waals surface area contributed by atoms with Crippen molar-refractivity contribution >= 4 is 27.6 Å². The number of esters is 1. The second kappa shape index (κ2) is 9.52.